The number of hydrogen-bond donors (Lipinski definition) is 4. The van der Waals surface area contributed by atoms with E-state index in [9.17, 15) is 14.4 Å². The maximum Gasteiger partial charge on any atom is 0.316 e. The molecule has 2 aromatic rings. The first-order chi connectivity index (χ1) is 12.9. The fourth-order valence-corrected chi connectivity index (χ4v) is 2.42. The number of halogens is 1. The molecule has 0 aliphatic carbocycles. The third kappa shape index (κ3) is 7.37. The minimum absolute atomic E-state index is 0.102. The Bertz CT molecular complexity index is 792. The number of nitrogens with two attached hydrogens (primary N) is 1. The second-order valence-electron chi connectivity index (χ2n) is 5.83. The molecule has 0 spiro atoms. The van der Waals surface area contributed by atoms with Crippen LogP contribution in [0.3, 0.4) is 0 Å². The van der Waals surface area contributed by atoms with E-state index in [4.69, 9.17) is 17.3 Å². The number of amides is 4. The molecule has 0 bridgehead atoms. The monoisotopic (exact) mass is 388 g/mol. The predicted octanol–water partition coefficient (Wildman–Crippen LogP) is 2.66. The van der Waals surface area contributed by atoms with E-state index in [2.05, 4.69) is 16.0 Å². The van der Waals surface area contributed by atoms with Gasteiger partial charge in [-0.15, -0.1) is 0 Å². The lowest BCUT2D eigenvalue weighted by Gasteiger charge is -2.08. The predicted molar refractivity (Wildman–Crippen MR) is 105 cm³/mol. The highest BCUT2D eigenvalue weighted by Crippen LogP contribution is 2.10. The number of nitrogens with one attached hydrogen (secondary N) is 3. The van der Waals surface area contributed by atoms with Crippen molar-refractivity contribution in [2.24, 2.45) is 5.73 Å². The van der Waals surface area contributed by atoms with E-state index in [1.54, 1.807) is 48.5 Å². The molecule has 0 fully saturated rings. The summed E-state index contributed by atoms with van der Waals surface area (Å²) in [4.78, 5) is 34.5. The lowest BCUT2D eigenvalue weighted by Crippen LogP contribution is -2.27. The van der Waals surface area contributed by atoms with Crippen molar-refractivity contribution < 1.29 is 14.4 Å². The molecule has 27 heavy (non-hydrogen) atoms. The summed E-state index contributed by atoms with van der Waals surface area (Å²) in [5.41, 5.74) is 7.05. The Kier molecular flexibility index (Phi) is 7.63. The molecule has 0 radical (unpaired) electrons. The molecule has 0 saturated carbocycles. The Hall–Kier alpha value is -3.06. The molecule has 142 valence electrons. The summed E-state index contributed by atoms with van der Waals surface area (Å²) in [6.07, 6.45) is 0.842. The molecule has 0 aliphatic heterocycles. The van der Waals surface area contributed by atoms with Crippen LogP contribution in [0.15, 0.2) is 48.5 Å². The highest BCUT2D eigenvalue weighted by molar-refractivity contribution is 6.30. The van der Waals surface area contributed by atoms with Gasteiger partial charge < -0.3 is 21.7 Å². The number of rotatable bonds is 8. The van der Waals surface area contributed by atoms with Crippen molar-refractivity contribution in [1.29, 1.82) is 0 Å². The van der Waals surface area contributed by atoms with Gasteiger partial charge in [-0.05, 0) is 48.4 Å². The van der Waals surface area contributed by atoms with Gasteiger partial charge in [0.1, 0.15) is 0 Å². The number of primary amides is 1. The summed E-state index contributed by atoms with van der Waals surface area (Å²) in [6.45, 7) is 0.787. The van der Waals surface area contributed by atoms with Crippen LogP contribution in [0.1, 0.15) is 28.8 Å². The van der Waals surface area contributed by atoms with Crippen molar-refractivity contribution in [1.82, 2.24) is 10.6 Å². The van der Waals surface area contributed by atoms with Crippen LogP contribution >= 0.6 is 11.6 Å². The van der Waals surface area contributed by atoms with Gasteiger partial charge in [0.25, 0.3) is 5.91 Å². The van der Waals surface area contributed by atoms with E-state index >= 15 is 0 Å². The molecule has 0 atom stereocenters. The van der Waals surface area contributed by atoms with Crippen LogP contribution < -0.4 is 21.7 Å². The molecule has 4 amide bonds. The van der Waals surface area contributed by atoms with Crippen molar-refractivity contribution in [2.75, 3.05) is 11.9 Å². The molecule has 0 aromatic heterocycles. The topological polar surface area (TPSA) is 113 Å². The number of urea groups is 1. The lowest BCUT2D eigenvalue weighted by atomic mass is 10.2. The molecule has 2 aromatic carbocycles. The quantitative estimate of drug-likeness (QED) is 0.521. The van der Waals surface area contributed by atoms with Gasteiger partial charge >= 0.3 is 6.03 Å². The van der Waals surface area contributed by atoms with Gasteiger partial charge in [0.15, 0.2) is 0 Å². The summed E-state index contributed by atoms with van der Waals surface area (Å²) in [5, 5.41) is 8.61. The van der Waals surface area contributed by atoms with Gasteiger partial charge in [0, 0.05) is 35.8 Å². The van der Waals surface area contributed by atoms with Crippen molar-refractivity contribution in [3.63, 3.8) is 0 Å². The Morgan fingerprint density at radius 1 is 0.926 bits per heavy atom. The first-order valence-corrected chi connectivity index (χ1v) is 8.77. The molecule has 0 unspecified atom stereocenters. The van der Waals surface area contributed by atoms with E-state index in [0.29, 0.717) is 42.2 Å². The summed E-state index contributed by atoms with van der Waals surface area (Å²) < 4.78 is 0. The minimum Gasteiger partial charge on any atom is -0.352 e. The summed E-state index contributed by atoms with van der Waals surface area (Å²) in [6, 6.07) is 13.0. The lowest BCUT2D eigenvalue weighted by molar-refractivity contribution is -0.121. The average Bonchev–Trinajstić information content (AvgIpc) is 2.64. The third-order valence-electron chi connectivity index (χ3n) is 3.68. The van der Waals surface area contributed by atoms with Gasteiger partial charge in [-0.3, -0.25) is 9.59 Å². The van der Waals surface area contributed by atoms with Crippen molar-refractivity contribution >= 4 is 35.1 Å². The minimum atomic E-state index is -0.626. The van der Waals surface area contributed by atoms with Crippen LogP contribution in [0, 0.1) is 0 Å². The zero-order chi connectivity index (χ0) is 19.6. The summed E-state index contributed by atoms with van der Waals surface area (Å²) >= 11 is 5.78. The van der Waals surface area contributed by atoms with E-state index in [1.165, 1.54) is 0 Å². The first-order valence-electron chi connectivity index (χ1n) is 8.40. The molecule has 0 aliphatic rings. The van der Waals surface area contributed by atoms with E-state index < -0.39 is 6.03 Å². The number of carbonyl (C=O) groups excluding carboxylic acids is 3. The van der Waals surface area contributed by atoms with Gasteiger partial charge in [-0.2, -0.15) is 0 Å². The maximum absolute atomic E-state index is 11.9. The number of benzene rings is 2. The Morgan fingerprint density at radius 3 is 2.22 bits per heavy atom. The van der Waals surface area contributed by atoms with Crippen LogP contribution in [0.2, 0.25) is 5.02 Å². The van der Waals surface area contributed by atoms with Crippen LogP contribution in [0.25, 0.3) is 0 Å². The molecule has 7 nitrogen and oxygen atoms in total. The van der Waals surface area contributed by atoms with Crippen LogP contribution in [0.4, 0.5) is 10.5 Å². The summed E-state index contributed by atoms with van der Waals surface area (Å²) in [5.74, 6) is -0.299. The molecule has 0 saturated heterocycles. The number of carbonyl (C=O) groups is 3. The second-order valence-corrected chi connectivity index (χ2v) is 6.27. The molecule has 8 heteroatoms. The van der Waals surface area contributed by atoms with E-state index in [0.717, 1.165) is 5.56 Å². The second kappa shape index (κ2) is 10.2. The maximum atomic E-state index is 11.9. The highest BCUT2D eigenvalue weighted by atomic mass is 35.5. The van der Waals surface area contributed by atoms with Gasteiger partial charge in [-0.25, -0.2) is 4.79 Å². The normalized spacial score (nSPS) is 10.1. The molecule has 2 rings (SSSR count). The molecular formula is C19H21ClN4O3. The van der Waals surface area contributed by atoms with Crippen molar-refractivity contribution in [3.8, 4) is 0 Å². The van der Waals surface area contributed by atoms with E-state index in [-0.39, 0.29) is 11.8 Å². The SMILES string of the molecule is NC(=O)Nc1ccc(CNC(=O)CCCNC(=O)c2ccc(Cl)cc2)cc1. The Labute approximate surface area is 162 Å². The number of anilines is 1. The van der Waals surface area contributed by atoms with Crippen molar-refractivity contribution in [3.05, 3.63) is 64.7 Å². The summed E-state index contributed by atoms with van der Waals surface area (Å²) in [7, 11) is 0. The van der Waals surface area contributed by atoms with Gasteiger partial charge in [0.05, 0.1) is 0 Å². The average molecular weight is 389 g/mol. The van der Waals surface area contributed by atoms with Gasteiger partial charge in [0.2, 0.25) is 5.91 Å². The van der Waals surface area contributed by atoms with Crippen LogP contribution in [-0.2, 0) is 11.3 Å². The zero-order valence-corrected chi connectivity index (χ0v) is 15.4. The number of hydrogen-bond acceptors (Lipinski definition) is 3. The Morgan fingerprint density at radius 2 is 1.59 bits per heavy atom. The molecule has 0 heterocycles. The fraction of sp³-hybridized carbons (Fsp3) is 0.211. The zero-order valence-electron chi connectivity index (χ0n) is 14.6. The highest BCUT2D eigenvalue weighted by Gasteiger charge is 2.06. The largest absolute Gasteiger partial charge is 0.352 e. The van der Waals surface area contributed by atoms with E-state index in [1.807, 2.05) is 0 Å². The third-order valence-corrected chi connectivity index (χ3v) is 3.94. The smallest absolute Gasteiger partial charge is 0.316 e. The first kappa shape index (κ1) is 20.3. The standard InChI is InChI=1S/C19H21ClN4O3/c20-15-7-5-14(6-8-15)18(26)22-11-1-2-17(25)23-12-13-3-9-16(10-4-13)24-19(21)27/h3-10H,1-2,11-12H2,(H,22,26)(H,23,25)(H3,21,24,27). The molecule has 5 N–H and O–H groups in total. The molecular weight excluding hydrogens is 368 g/mol. The Balaban J connectivity index is 1.64. The van der Waals surface area contributed by atoms with Crippen LogP contribution in [-0.4, -0.2) is 24.4 Å². The van der Waals surface area contributed by atoms with Gasteiger partial charge in [-0.1, -0.05) is 23.7 Å². The van der Waals surface area contributed by atoms with Crippen LogP contribution in [0.5, 0.6) is 0 Å². The van der Waals surface area contributed by atoms with Crippen molar-refractivity contribution in [2.45, 2.75) is 19.4 Å². The fourth-order valence-electron chi connectivity index (χ4n) is 2.29.